The zero-order chi connectivity index (χ0) is 21.3. The van der Waals surface area contributed by atoms with Gasteiger partial charge in [-0.2, -0.15) is 0 Å². The predicted octanol–water partition coefficient (Wildman–Crippen LogP) is 4.60. The van der Waals surface area contributed by atoms with Crippen LogP contribution in [0, 0.1) is 0 Å². The van der Waals surface area contributed by atoms with E-state index in [-0.39, 0.29) is 5.91 Å². The average molecular weight is 414 g/mol. The Hall–Kier alpha value is -2.95. The van der Waals surface area contributed by atoms with Gasteiger partial charge in [0.25, 0.3) is 0 Å². The molecule has 0 N–H and O–H groups in total. The zero-order valence-electron chi connectivity index (χ0n) is 18.1. The fraction of sp³-hybridized carbons (Fsp3) is 0.296. The van der Waals surface area contributed by atoms with Crippen LogP contribution in [0.1, 0.15) is 12.0 Å². The van der Waals surface area contributed by atoms with Crippen LogP contribution in [-0.4, -0.2) is 55.0 Å². The van der Waals surface area contributed by atoms with Crippen molar-refractivity contribution in [1.29, 1.82) is 0 Å². The first-order valence-corrected chi connectivity index (χ1v) is 11.2. The molecule has 0 bridgehead atoms. The lowest BCUT2D eigenvalue weighted by atomic mass is 10.1. The summed E-state index contributed by atoms with van der Waals surface area (Å²) in [4.78, 5) is 20.0. The van der Waals surface area contributed by atoms with Crippen LogP contribution < -0.4 is 4.90 Å². The summed E-state index contributed by atoms with van der Waals surface area (Å²) in [5, 5.41) is 0. The third-order valence-electron chi connectivity index (χ3n) is 5.94. The third kappa shape index (κ3) is 6.03. The molecule has 4 nitrogen and oxygen atoms in total. The van der Waals surface area contributed by atoms with Crippen LogP contribution in [0.2, 0.25) is 0 Å². The minimum absolute atomic E-state index is 0.143. The van der Waals surface area contributed by atoms with Gasteiger partial charge >= 0.3 is 0 Å². The monoisotopic (exact) mass is 413 g/mol. The fourth-order valence-corrected chi connectivity index (χ4v) is 4.13. The summed E-state index contributed by atoms with van der Waals surface area (Å²) in [5.41, 5.74) is 3.24. The Morgan fingerprint density at radius 3 is 1.61 bits per heavy atom. The number of amides is 1. The molecule has 0 aliphatic carbocycles. The number of hydrogen-bond acceptors (Lipinski definition) is 3. The van der Waals surface area contributed by atoms with Crippen LogP contribution in [0.15, 0.2) is 91.0 Å². The van der Waals surface area contributed by atoms with Crippen LogP contribution in [0.5, 0.6) is 0 Å². The lowest BCUT2D eigenvalue weighted by Crippen LogP contribution is -2.47. The van der Waals surface area contributed by atoms with Crippen molar-refractivity contribution in [2.24, 2.45) is 0 Å². The smallest absolute Gasteiger partial charge is 0.232 e. The molecule has 4 rings (SSSR count). The summed E-state index contributed by atoms with van der Waals surface area (Å²) in [7, 11) is 0. The lowest BCUT2D eigenvalue weighted by molar-refractivity contribution is -0.118. The first-order valence-electron chi connectivity index (χ1n) is 11.2. The van der Waals surface area contributed by atoms with Crippen molar-refractivity contribution in [2.75, 3.05) is 44.2 Å². The van der Waals surface area contributed by atoms with E-state index in [4.69, 9.17) is 0 Å². The first-order chi connectivity index (χ1) is 15.3. The van der Waals surface area contributed by atoms with E-state index < -0.39 is 0 Å². The normalized spacial score (nSPS) is 15.0. The van der Waals surface area contributed by atoms with Gasteiger partial charge in [0.1, 0.15) is 0 Å². The van der Waals surface area contributed by atoms with E-state index in [1.54, 1.807) is 0 Å². The summed E-state index contributed by atoms with van der Waals surface area (Å²) < 4.78 is 0. The highest BCUT2D eigenvalue weighted by Crippen LogP contribution is 2.25. The number of piperazine rings is 1. The maximum absolute atomic E-state index is 13.2. The molecule has 31 heavy (non-hydrogen) atoms. The molecule has 1 amide bonds. The number of hydrogen-bond donors (Lipinski definition) is 0. The Morgan fingerprint density at radius 1 is 0.645 bits per heavy atom. The second kappa shape index (κ2) is 10.9. The maximum Gasteiger partial charge on any atom is 0.232 e. The van der Waals surface area contributed by atoms with Crippen LogP contribution in [0.4, 0.5) is 11.4 Å². The number of nitrogens with zero attached hydrogens (tertiary/aromatic N) is 3. The molecule has 1 saturated heterocycles. The number of carbonyl (C=O) groups excluding carboxylic acids is 1. The molecule has 0 unspecified atom stereocenters. The summed E-state index contributed by atoms with van der Waals surface area (Å²) in [5.74, 6) is 0.143. The summed E-state index contributed by atoms with van der Waals surface area (Å²) in [6, 6.07) is 30.6. The molecule has 1 aliphatic rings. The average Bonchev–Trinajstić information content (AvgIpc) is 2.84. The summed E-state index contributed by atoms with van der Waals surface area (Å²) in [6.07, 6.45) is 1.62. The third-order valence-corrected chi connectivity index (χ3v) is 5.94. The SMILES string of the molecule is O=C(CCN1CCN(CCc2ccccc2)CC1)N(c1ccccc1)c1ccccc1. The molecular formula is C27H31N3O. The predicted molar refractivity (Wildman–Crippen MR) is 128 cm³/mol. The van der Waals surface area contributed by atoms with Crippen molar-refractivity contribution in [2.45, 2.75) is 12.8 Å². The van der Waals surface area contributed by atoms with E-state index in [1.165, 1.54) is 5.56 Å². The Labute approximate surface area is 185 Å². The highest BCUT2D eigenvalue weighted by molar-refractivity contribution is 6.00. The molecule has 0 spiro atoms. The van der Waals surface area contributed by atoms with Crippen molar-refractivity contribution in [3.05, 3.63) is 96.6 Å². The van der Waals surface area contributed by atoms with Crippen molar-refractivity contribution in [1.82, 2.24) is 9.80 Å². The molecule has 0 atom stereocenters. The quantitative estimate of drug-likeness (QED) is 0.540. The van der Waals surface area contributed by atoms with Gasteiger partial charge in [-0.1, -0.05) is 66.7 Å². The van der Waals surface area contributed by atoms with Gasteiger partial charge in [-0.3, -0.25) is 9.69 Å². The molecule has 1 fully saturated rings. The van der Waals surface area contributed by atoms with E-state index in [2.05, 4.69) is 40.1 Å². The molecule has 3 aromatic rings. The van der Waals surface area contributed by atoms with Crippen LogP contribution >= 0.6 is 0 Å². The molecule has 0 radical (unpaired) electrons. The lowest BCUT2D eigenvalue weighted by Gasteiger charge is -2.35. The van der Waals surface area contributed by atoms with Crippen molar-refractivity contribution in [3.8, 4) is 0 Å². The van der Waals surface area contributed by atoms with Gasteiger partial charge in [-0.05, 0) is 36.2 Å². The molecular weight excluding hydrogens is 382 g/mol. The van der Waals surface area contributed by atoms with E-state index in [9.17, 15) is 4.79 Å². The molecule has 1 aliphatic heterocycles. The first kappa shape index (κ1) is 21.3. The maximum atomic E-state index is 13.2. The zero-order valence-corrected chi connectivity index (χ0v) is 18.1. The minimum atomic E-state index is 0.143. The second-order valence-corrected chi connectivity index (χ2v) is 8.07. The molecule has 1 heterocycles. The summed E-state index contributed by atoms with van der Waals surface area (Å²) >= 11 is 0. The van der Waals surface area contributed by atoms with E-state index in [0.717, 1.165) is 57.1 Å². The molecule has 4 heteroatoms. The Morgan fingerprint density at radius 2 is 1.10 bits per heavy atom. The van der Waals surface area contributed by atoms with Crippen LogP contribution in [0.25, 0.3) is 0 Å². The summed E-state index contributed by atoms with van der Waals surface area (Å²) in [6.45, 7) is 6.11. The molecule has 0 saturated carbocycles. The largest absolute Gasteiger partial charge is 0.300 e. The van der Waals surface area contributed by atoms with Crippen LogP contribution in [0.3, 0.4) is 0 Å². The van der Waals surface area contributed by atoms with Crippen LogP contribution in [-0.2, 0) is 11.2 Å². The Bertz CT molecular complexity index is 883. The Kier molecular flexibility index (Phi) is 7.48. The number of para-hydroxylation sites is 2. The van der Waals surface area contributed by atoms with E-state index in [1.807, 2.05) is 65.6 Å². The molecule has 3 aromatic carbocycles. The minimum Gasteiger partial charge on any atom is -0.300 e. The highest BCUT2D eigenvalue weighted by Gasteiger charge is 2.21. The van der Waals surface area contributed by atoms with Gasteiger partial charge in [0.15, 0.2) is 0 Å². The topological polar surface area (TPSA) is 26.8 Å². The van der Waals surface area contributed by atoms with E-state index >= 15 is 0 Å². The van der Waals surface area contributed by atoms with E-state index in [0.29, 0.717) is 6.42 Å². The van der Waals surface area contributed by atoms with Gasteiger partial charge < -0.3 is 9.80 Å². The second-order valence-electron chi connectivity index (χ2n) is 8.07. The van der Waals surface area contributed by atoms with Gasteiger partial charge in [0.2, 0.25) is 5.91 Å². The van der Waals surface area contributed by atoms with Gasteiger partial charge in [0.05, 0.1) is 0 Å². The Balaban J connectivity index is 1.28. The van der Waals surface area contributed by atoms with Gasteiger partial charge in [-0.25, -0.2) is 0 Å². The van der Waals surface area contributed by atoms with Gasteiger partial charge in [0, 0.05) is 57.1 Å². The van der Waals surface area contributed by atoms with Crippen molar-refractivity contribution in [3.63, 3.8) is 0 Å². The van der Waals surface area contributed by atoms with Gasteiger partial charge in [-0.15, -0.1) is 0 Å². The number of benzene rings is 3. The standard InChI is InChI=1S/C27H31N3O/c31-27(30(25-12-6-2-7-13-25)26-14-8-3-9-15-26)17-19-29-22-20-28(21-23-29)18-16-24-10-4-1-5-11-24/h1-15H,16-23H2. The highest BCUT2D eigenvalue weighted by atomic mass is 16.2. The van der Waals surface area contributed by atoms with Crippen molar-refractivity contribution >= 4 is 17.3 Å². The molecule has 160 valence electrons. The van der Waals surface area contributed by atoms with Crippen molar-refractivity contribution < 1.29 is 4.79 Å². The fourth-order valence-electron chi connectivity index (χ4n) is 4.13. The number of rotatable bonds is 8. The number of anilines is 2. The number of carbonyl (C=O) groups is 1. The molecule has 0 aromatic heterocycles.